The van der Waals surface area contributed by atoms with Gasteiger partial charge in [-0.2, -0.15) is 5.10 Å². The van der Waals surface area contributed by atoms with Crippen LogP contribution in [0.1, 0.15) is 17.5 Å². The van der Waals surface area contributed by atoms with Crippen molar-refractivity contribution in [3.63, 3.8) is 0 Å². The Bertz CT molecular complexity index is 826. The molecule has 1 amide bonds. The number of hydrogen-bond donors (Lipinski definition) is 1. The summed E-state index contributed by atoms with van der Waals surface area (Å²) in [6.07, 6.45) is 1.54. The Labute approximate surface area is 169 Å². The topological polar surface area (TPSA) is 78.4 Å². The summed E-state index contributed by atoms with van der Waals surface area (Å²) < 4.78 is 21.2. The molecule has 0 saturated carbocycles. The first-order valence-electron chi connectivity index (χ1n) is 8.60. The molecular formula is C20H23ClN2O5. The van der Waals surface area contributed by atoms with Crippen LogP contribution >= 0.6 is 11.6 Å². The van der Waals surface area contributed by atoms with Gasteiger partial charge in [-0.3, -0.25) is 0 Å². The molecule has 2 aromatic carbocycles. The van der Waals surface area contributed by atoms with Gasteiger partial charge in [-0.1, -0.05) is 11.6 Å². The highest BCUT2D eigenvalue weighted by atomic mass is 35.5. The number of carbonyl (C=O) groups is 1. The van der Waals surface area contributed by atoms with Crippen molar-refractivity contribution in [2.75, 3.05) is 27.4 Å². The highest BCUT2D eigenvalue weighted by molar-refractivity contribution is 6.31. The number of carbonyl (C=O) groups excluding carboxylic acids is 1. The van der Waals surface area contributed by atoms with Crippen molar-refractivity contribution < 1.29 is 23.7 Å². The Balaban J connectivity index is 1.81. The molecule has 0 saturated heterocycles. The zero-order chi connectivity index (χ0) is 20.4. The SMILES string of the molecule is COC(=O)N/N=C/c1ccc(OCCCOc2ccc(Cl)c(C)c2)c(OC)c1. The molecule has 0 spiro atoms. The standard InChI is InChI=1S/C20H23ClN2O5/c1-14-11-16(6-7-17(14)21)27-9-4-10-28-18-8-5-15(12-19(18)25-2)13-22-23-20(24)26-3/h5-8,11-13H,4,9-10H2,1-3H3,(H,23,24)/b22-13+. The lowest BCUT2D eigenvalue weighted by atomic mass is 10.2. The molecule has 8 heteroatoms. The van der Waals surface area contributed by atoms with Crippen LogP contribution in [0.2, 0.25) is 5.02 Å². The number of ether oxygens (including phenoxy) is 4. The van der Waals surface area contributed by atoms with Gasteiger partial charge in [0.05, 0.1) is 33.6 Å². The monoisotopic (exact) mass is 406 g/mol. The van der Waals surface area contributed by atoms with E-state index in [-0.39, 0.29) is 0 Å². The molecule has 0 aliphatic rings. The number of nitrogens with zero attached hydrogens (tertiary/aromatic N) is 1. The lowest BCUT2D eigenvalue weighted by molar-refractivity contribution is 0.171. The Hall–Kier alpha value is -2.93. The predicted octanol–water partition coefficient (Wildman–Crippen LogP) is 4.19. The van der Waals surface area contributed by atoms with Gasteiger partial charge in [0.15, 0.2) is 11.5 Å². The summed E-state index contributed by atoms with van der Waals surface area (Å²) in [6.45, 7) is 2.93. The van der Waals surface area contributed by atoms with E-state index in [1.807, 2.05) is 25.1 Å². The molecule has 2 aromatic rings. The number of halogens is 1. The van der Waals surface area contributed by atoms with Gasteiger partial charge in [-0.15, -0.1) is 0 Å². The van der Waals surface area contributed by atoms with Crippen LogP contribution in [-0.2, 0) is 4.74 Å². The second-order valence-corrected chi connectivity index (χ2v) is 6.14. The average Bonchev–Trinajstić information content (AvgIpc) is 2.70. The second-order valence-electron chi connectivity index (χ2n) is 5.73. The van der Waals surface area contributed by atoms with Crippen LogP contribution in [0.5, 0.6) is 17.2 Å². The zero-order valence-corrected chi connectivity index (χ0v) is 16.8. The highest BCUT2D eigenvalue weighted by Crippen LogP contribution is 2.27. The van der Waals surface area contributed by atoms with E-state index < -0.39 is 6.09 Å². The summed E-state index contributed by atoms with van der Waals surface area (Å²) in [5.41, 5.74) is 3.93. The van der Waals surface area contributed by atoms with Crippen LogP contribution in [0.15, 0.2) is 41.5 Å². The molecule has 0 aliphatic carbocycles. The normalized spacial score (nSPS) is 10.6. The fourth-order valence-electron chi connectivity index (χ4n) is 2.23. The number of methoxy groups -OCH3 is 2. The predicted molar refractivity (Wildman–Crippen MR) is 108 cm³/mol. The van der Waals surface area contributed by atoms with Crippen molar-refractivity contribution in [1.29, 1.82) is 0 Å². The molecule has 0 unspecified atom stereocenters. The minimum Gasteiger partial charge on any atom is -0.493 e. The summed E-state index contributed by atoms with van der Waals surface area (Å²) >= 11 is 6.00. The maximum Gasteiger partial charge on any atom is 0.427 e. The van der Waals surface area contributed by atoms with Crippen molar-refractivity contribution >= 4 is 23.9 Å². The molecule has 1 N–H and O–H groups in total. The van der Waals surface area contributed by atoms with Gasteiger partial charge in [0.1, 0.15) is 5.75 Å². The van der Waals surface area contributed by atoms with E-state index in [2.05, 4.69) is 15.3 Å². The summed E-state index contributed by atoms with van der Waals surface area (Å²) in [7, 11) is 2.82. The summed E-state index contributed by atoms with van der Waals surface area (Å²) in [5.74, 6) is 1.96. The Morgan fingerprint density at radius 1 is 1.11 bits per heavy atom. The van der Waals surface area contributed by atoms with Crippen LogP contribution in [-0.4, -0.2) is 39.7 Å². The smallest absolute Gasteiger partial charge is 0.427 e. The van der Waals surface area contributed by atoms with Crippen molar-refractivity contribution in [2.45, 2.75) is 13.3 Å². The number of nitrogens with one attached hydrogen (secondary N) is 1. The second kappa shape index (κ2) is 11.0. The first-order valence-corrected chi connectivity index (χ1v) is 8.98. The third-order valence-corrected chi connectivity index (χ3v) is 4.11. The number of benzene rings is 2. The molecule has 7 nitrogen and oxygen atoms in total. The lowest BCUT2D eigenvalue weighted by Gasteiger charge is -2.12. The van der Waals surface area contributed by atoms with E-state index in [1.165, 1.54) is 13.3 Å². The molecule has 2 rings (SSSR count). The summed E-state index contributed by atoms with van der Waals surface area (Å²) in [6, 6.07) is 10.9. The van der Waals surface area contributed by atoms with Gasteiger partial charge in [0, 0.05) is 11.4 Å². The summed E-state index contributed by atoms with van der Waals surface area (Å²) in [5, 5.41) is 4.49. The van der Waals surface area contributed by atoms with Crippen molar-refractivity contribution in [2.24, 2.45) is 5.10 Å². The highest BCUT2D eigenvalue weighted by Gasteiger charge is 2.06. The zero-order valence-electron chi connectivity index (χ0n) is 16.0. The van der Waals surface area contributed by atoms with Gasteiger partial charge in [-0.05, 0) is 54.4 Å². The van der Waals surface area contributed by atoms with Gasteiger partial charge >= 0.3 is 6.09 Å². The maximum atomic E-state index is 11.0. The van der Waals surface area contributed by atoms with Crippen LogP contribution in [0.25, 0.3) is 0 Å². The van der Waals surface area contributed by atoms with Crippen LogP contribution < -0.4 is 19.6 Å². The van der Waals surface area contributed by atoms with E-state index in [0.29, 0.717) is 31.1 Å². The summed E-state index contributed by atoms with van der Waals surface area (Å²) in [4.78, 5) is 11.0. The fraction of sp³-hybridized carbons (Fsp3) is 0.300. The Kier molecular flexibility index (Phi) is 8.42. The van der Waals surface area contributed by atoms with Gasteiger partial charge in [0.2, 0.25) is 0 Å². The third kappa shape index (κ3) is 6.66. The van der Waals surface area contributed by atoms with Crippen LogP contribution in [0.3, 0.4) is 0 Å². The van der Waals surface area contributed by atoms with Crippen molar-refractivity contribution in [1.82, 2.24) is 5.43 Å². The van der Waals surface area contributed by atoms with Gasteiger partial charge in [-0.25, -0.2) is 10.2 Å². The number of aryl methyl sites for hydroxylation is 1. The Morgan fingerprint density at radius 3 is 2.61 bits per heavy atom. The first-order chi connectivity index (χ1) is 13.5. The number of rotatable bonds is 9. The number of hydrogen-bond acceptors (Lipinski definition) is 6. The van der Waals surface area contributed by atoms with Crippen LogP contribution in [0, 0.1) is 6.92 Å². The lowest BCUT2D eigenvalue weighted by Crippen LogP contribution is -2.16. The van der Waals surface area contributed by atoms with E-state index in [0.717, 1.165) is 21.9 Å². The maximum absolute atomic E-state index is 11.0. The van der Waals surface area contributed by atoms with Crippen LogP contribution in [0.4, 0.5) is 4.79 Å². The van der Waals surface area contributed by atoms with E-state index in [9.17, 15) is 4.79 Å². The Morgan fingerprint density at radius 2 is 1.89 bits per heavy atom. The van der Waals surface area contributed by atoms with E-state index in [4.69, 9.17) is 25.8 Å². The molecule has 0 bridgehead atoms. The minimum absolute atomic E-state index is 0.472. The molecule has 0 heterocycles. The molecule has 28 heavy (non-hydrogen) atoms. The molecule has 0 aliphatic heterocycles. The quantitative estimate of drug-likeness (QED) is 0.383. The van der Waals surface area contributed by atoms with Crippen molar-refractivity contribution in [3.8, 4) is 17.2 Å². The average molecular weight is 407 g/mol. The molecule has 0 fully saturated rings. The van der Waals surface area contributed by atoms with E-state index >= 15 is 0 Å². The molecule has 150 valence electrons. The van der Waals surface area contributed by atoms with Gasteiger partial charge < -0.3 is 18.9 Å². The third-order valence-electron chi connectivity index (χ3n) is 3.69. The molecular weight excluding hydrogens is 384 g/mol. The molecule has 0 atom stereocenters. The molecule has 0 aromatic heterocycles. The number of hydrazone groups is 1. The minimum atomic E-state index is -0.640. The van der Waals surface area contributed by atoms with Crippen molar-refractivity contribution in [3.05, 3.63) is 52.5 Å². The largest absolute Gasteiger partial charge is 0.493 e. The van der Waals surface area contributed by atoms with Gasteiger partial charge in [0.25, 0.3) is 0 Å². The fourth-order valence-corrected chi connectivity index (χ4v) is 2.34. The van der Waals surface area contributed by atoms with E-state index in [1.54, 1.807) is 25.3 Å². The first kappa shape index (κ1) is 21.4. The number of amides is 1. The molecule has 0 radical (unpaired) electrons.